The molecule has 0 bridgehead atoms. The van der Waals surface area contributed by atoms with Gasteiger partial charge < -0.3 is 10.3 Å². The first-order chi connectivity index (χ1) is 12.7. The highest BCUT2D eigenvalue weighted by atomic mass is 16.1. The Morgan fingerprint density at radius 1 is 1.15 bits per heavy atom. The average Bonchev–Trinajstić information content (AvgIpc) is 3.01. The molecule has 0 aliphatic carbocycles. The molecule has 1 aromatic carbocycles. The van der Waals surface area contributed by atoms with Crippen LogP contribution in [-0.4, -0.2) is 29.7 Å². The number of fused-ring (bicyclic) bond motifs is 2. The second-order valence-corrected chi connectivity index (χ2v) is 6.13. The Labute approximate surface area is 149 Å². The predicted molar refractivity (Wildman–Crippen MR) is 100.0 cm³/mol. The van der Waals surface area contributed by atoms with E-state index >= 15 is 0 Å². The largest absolute Gasteiger partial charge is 0.362 e. The maximum absolute atomic E-state index is 12.2. The highest BCUT2D eigenvalue weighted by Gasteiger charge is 2.12. The summed E-state index contributed by atoms with van der Waals surface area (Å²) in [6, 6.07) is 7.29. The van der Waals surface area contributed by atoms with Gasteiger partial charge in [0, 0.05) is 13.5 Å². The maximum atomic E-state index is 12.2. The second-order valence-electron chi connectivity index (χ2n) is 6.13. The number of anilines is 1. The third-order valence-corrected chi connectivity index (χ3v) is 4.20. The molecule has 0 atom stereocenters. The molecule has 4 rings (SSSR count). The van der Waals surface area contributed by atoms with Gasteiger partial charge in [0.15, 0.2) is 5.65 Å². The molecule has 0 fully saturated rings. The van der Waals surface area contributed by atoms with Crippen LogP contribution in [0, 0.1) is 0 Å². The van der Waals surface area contributed by atoms with Crippen molar-refractivity contribution in [3.05, 3.63) is 52.5 Å². The molecule has 0 spiro atoms. The molecule has 3 heterocycles. The summed E-state index contributed by atoms with van der Waals surface area (Å²) < 4.78 is 1.73. The molecule has 0 aliphatic rings. The Morgan fingerprint density at radius 2 is 2.00 bits per heavy atom. The number of nitrogens with zero attached hydrogens (tertiary/aromatic N) is 5. The second kappa shape index (κ2) is 6.55. The van der Waals surface area contributed by atoms with Crippen molar-refractivity contribution in [3.63, 3.8) is 0 Å². The topological polar surface area (TPSA) is 101 Å². The number of benzene rings is 1. The van der Waals surface area contributed by atoms with Gasteiger partial charge in [0.2, 0.25) is 0 Å². The van der Waals surface area contributed by atoms with Crippen LogP contribution >= 0.6 is 0 Å². The van der Waals surface area contributed by atoms with Gasteiger partial charge in [-0.1, -0.05) is 19.1 Å². The standard InChI is InChI=1S/C18H19N7O/c1-3-6-14-22-16(12-9-20-25(2)17(12)23-14)19-10-15-21-13-8-5-4-7-11(13)18(26)24-15/h4-5,7-9H,3,6,10H2,1-2H3,(H,19,22,23)(H,21,24,26). The van der Waals surface area contributed by atoms with Gasteiger partial charge in [0.1, 0.15) is 17.5 Å². The van der Waals surface area contributed by atoms with Gasteiger partial charge in [-0.15, -0.1) is 0 Å². The summed E-state index contributed by atoms with van der Waals surface area (Å²) in [4.78, 5) is 28.7. The zero-order valence-electron chi connectivity index (χ0n) is 14.7. The third-order valence-electron chi connectivity index (χ3n) is 4.20. The molecule has 2 N–H and O–H groups in total. The van der Waals surface area contributed by atoms with Crippen LogP contribution in [0.4, 0.5) is 5.82 Å². The summed E-state index contributed by atoms with van der Waals surface area (Å²) in [5.74, 6) is 2.02. The number of hydrogen-bond donors (Lipinski definition) is 2. The molecule has 132 valence electrons. The van der Waals surface area contributed by atoms with Crippen molar-refractivity contribution in [3.8, 4) is 0 Å². The Bertz CT molecular complexity index is 1150. The molecular formula is C18H19N7O. The van der Waals surface area contributed by atoms with Crippen molar-refractivity contribution in [1.29, 1.82) is 0 Å². The SMILES string of the molecule is CCCc1nc(NCc2nc3ccccc3c(=O)[nH]2)c2cnn(C)c2n1. The van der Waals surface area contributed by atoms with Crippen LogP contribution in [0.2, 0.25) is 0 Å². The molecule has 26 heavy (non-hydrogen) atoms. The predicted octanol–water partition coefficient (Wildman–Crippen LogP) is 2.16. The van der Waals surface area contributed by atoms with E-state index in [9.17, 15) is 4.79 Å². The minimum Gasteiger partial charge on any atom is -0.362 e. The molecule has 0 aliphatic heterocycles. The highest BCUT2D eigenvalue weighted by molar-refractivity contribution is 5.86. The van der Waals surface area contributed by atoms with E-state index in [0.29, 0.717) is 29.1 Å². The lowest BCUT2D eigenvalue weighted by molar-refractivity contribution is 0.772. The van der Waals surface area contributed by atoms with Crippen LogP contribution < -0.4 is 10.9 Å². The molecule has 0 saturated heterocycles. The zero-order chi connectivity index (χ0) is 18.1. The van der Waals surface area contributed by atoms with E-state index in [0.717, 1.165) is 29.7 Å². The monoisotopic (exact) mass is 349 g/mol. The first-order valence-corrected chi connectivity index (χ1v) is 8.56. The van der Waals surface area contributed by atoms with Gasteiger partial charge in [-0.3, -0.25) is 9.48 Å². The van der Waals surface area contributed by atoms with Crippen LogP contribution in [0.1, 0.15) is 25.0 Å². The normalized spacial score (nSPS) is 11.3. The fourth-order valence-electron chi connectivity index (χ4n) is 2.92. The number of hydrogen-bond acceptors (Lipinski definition) is 6. The summed E-state index contributed by atoms with van der Waals surface area (Å²) >= 11 is 0. The maximum Gasteiger partial charge on any atom is 0.258 e. The summed E-state index contributed by atoms with van der Waals surface area (Å²) in [7, 11) is 1.86. The minimum atomic E-state index is -0.145. The molecule has 0 amide bonds. The van der Waals surface area contributed by atoms with E-state index in [-0.39, 0.29) is 5.56 Å². The highest BCUT2D eigenvalue weighted by Crippen LogP contribution is 2.20. The number of nitrogens with one attached hydrogen (secondary N) is 2. The number of H-pyrrole nitrogens is 1. The van der Waals surface area contributed by atoms with Crippen LogP contribution in [0.5, 0.6) is 0 Å². The molecule has 0 radical (unpaired) electrons. The van der Waals surface area contributed by atoms with E-state index in [2.05, 4.69) is 37.3 Å². The number of aromatic amines is 1. The van der Waals surface area contributed by atoms with E-state index in [1.807, 2.05) is 25.2 Å². The summed E-state index contributed by atoms with van der Waals surface area (Å²) in [6.45, 7) is 2.44. The molecule has 8 nitrogen and oxygen atoms in total. The van der Waals surface area contributed by atoms with Gasteiger partial charge in [-0.05, 0) is 18.6 Å². The van der Waals surface area contributed by atoms with Gasteiger partial charge in [0.05, 0.1) is 29.0 Å². The fourth-order valence-corrected chi connectivity index (χ4v) is 2.92. The van der Waals surface area contributed by atoms with Gasteiger partial charge in [0.25, 0.3) is 5.56 Å². The first kappa shape index (κ1) is 16.2. The Kier molecular flexibility index (Phi) is 4.08. The molecule has 0 saturated carbocycles. The molecule has 0 unspecified atom stereocenters. The summed E-state index contributed by atoms with van der Waals surface area (Å²) in [5.41, 5.74) is 1.31. The van der Waals surface area contributed by atoms with Crippen molar-refractivity contribution in [2.45, 2.75) is 26.3 Å². The quantitative estimate of drug-likeness (QED) is 0.572. The van der Waals surface area contributed by atoms with E-state index < -0.39 is 0 Å². The Balaban J connectivity index is 1.68. The Hall–Kier alpha value is -3.29. The number of aryl methyl sites for hydroxylation is 2. The fraction of sp³-hybridized carbons (Fsp3) is 0.278. The van der Waals surface area contributed by atoms with Crippen molar-refractivity contribution in [2.75, 3.05) is 5.32 Å². The lowest BCUT2D eigenvalue weighted by Gasteiger charge is -2.09. The molecule has 3 aromatic heterocycles. The van der Waals surface area contributed by atoms with Crippen molar-refractivity contribution in [1.82, 2.24) is 29.7 Å². The van der Waals surface area contributed by atoms with Crippen LogP contribution in [0.3, 0.4) is 0 Å². The van der Waals surface area contributed by atoms with Gasteiger partial charge in [-0.2, -0.15) is 5.10 Å². The summed E-state index contributed by atoms with van der Waals surface area (Å²) in [5, 5.41) is 8.96. The van der Waals surface area contributed by atoms with E-state index in [1.54, 1.807) is 16.9 Å². The number of aromatic nitrogens is 6. The van der Waals surface area contributed by atoms with E-state index in [4.69, 9.17) is 0 Å². The lowest BCUT2D eigenvalue weighted by Crippen LogP contribution is -2.15. The average molecular weight is 349 g/mol. The minimum absolute atomic E-state index is 0.145. The molecule has 8 heteroatoms. The lowest BCUT2D eigenvalue weighted by atomic mass is 10.2. The van der Waals surface area contributed by atoms with Crippen molar-refractivity contribution >= 4 is 27.8 Å². The number of para-hydroxylation sites is 1. The Morgan fingerprint density at radius 3 is 2.85 bits per heavy atom. The van der Waals surface area contributed by atoms with Crippen LogP contribution in [0.25, 0.3) is 21.9 Å². The zero-order valence-corrected chi connectivity index (χ0v) is 14.7. The van der Waals surface area contributed by atoms with Gasteiger partial charge in [-0.25, -0.2) is 15.0 Å². The summed E-state index contributed by atoms with van der Waals surface area (Å²) in [6.07, 6.45) is 3.49. The molecule has 4 aromatic rings. The number of rotatable bonds is 5. The van der Waals surface area contributed by atoms with Crippen LogP contribution in [0.15, 0.2) is 35.3 Å². The third kappa shape index (κ3) is 2.90. The van der Waals surface area contributed by atoms with Crippen molar-refractivity contribution < 1.29 is 0 Å². The smallest absolute Gasteiger partial charge is 0.258 e. The molecular weight excluding hydrogens is 330 g/mol. The van der Waals surface area contributed by atoms with Crippen LogP contribution in [-0.2, 0) is 20.0 Å². The first-order valence-electron chi connectivity index (χ1n) is 8.56. The van der Waals surface area contributed by atoms with E-state index in [1.165, 1.54) is 0 Å². The van der Waals surface area contributed by atoms with Gasteiger partial charge >= 0.3 is 0 Å². The van der Waals surface area contributed by atoms with Crippen molar-refractivity contribution in [2.24, 2.45) is 7.05 Å².